The van der Waals surface area contributed by atoms with Gasteiger partial charge in [-0.2, -0.15) is 0 Å². The normalized spacial score (nSPS) is 13.2. The van der Waals surface area contributed by atoms with Crippen molar-refractivity contribution in [2.45, 2.75) is 5.41 Å². The molecule has 9 aromatic rings. The van der Waals surface area contributed by atoms with Crippen LogP contribution in [0.2, 0.25) is 0 Å². The molecule has 2 aliphatic rings. The summed E-state index contributed by atoms with van der Waals surface area (Å²) in [6.07, 6.45) is 0. The van der Waals surface area contributed by atoms with Gasteiger partial charge in [-0.25, -0.2) is 4.98 Å². The van der Waals surface area contributed by atoms with Gasteiger partial charge in [-0.3, -0.25) is 4.57 Å². The van der Waals surface area contributed by atoms with E-state index in [0.29, 0.717) is 0 Å². The van der Waals surface area contributed by atoms with Crippen LogP contribution in [0.4, 0.5) is 5.69 Å². The van der Waals surface area contributed by atoms with Crippen LogP contribution >= 0.6 is 0 Å². The van der Waals surface area contributed by atoms with Crippen molar-refractivity contribution in [1.82, 2.24) is 9.55 Å². The molecule has 11 rings (SSSR count). The number of benzene rings is 8. The minimum absolute atomic E-state index is 0.613. The summed E-state index contributed by atoms with van der Waals surface area (Å²) in [5, 5.41) is 0. The van der Waals surface area contributed by atoms with Crippen molar-refractivity contribution in [2.75, 3.05) is 5.73 Å². The fourth-order valence-electron chi connectivity index (χ4n) is 8.96. The molecule has 0 saturated carbocycles. The highest BCUT2D eigenvalue weighted by molar-refractivity contribution is 5.98. The highest BCUT2D eigenvalue weighted by Gasteiger charge is 2.52. The molecule has 4 nitrogen and oxygen atoms in total. The van der Waals surface area contributed by atoms with E-state index in [2.05, 4.69) is 174 Å². The van der Waals surface area contributed by atoms with E-state index in [1.165, 1.54) is 22.3 Å². The number of anilines is 1. The zero-order valence-corrected chi connectivity index (χ0v) is 29.3. The van der Waals surface area contributed by atoms with Crippen molar-refractivity contribution >= 4 is 16.7 Å². The van der Waals surface area contributed by atoms with Crippen molar-refractivity contribution in [3.05, 3.63) is 210 Å². The van der Waals surface area contributed by atoms with Gasteiger partial charge in [0.05, 0.1) is 16.4 Å². The number of para-hydroxylation sites is 5. The van der Waals surface area contributed by atoms with E-state index >= 15 is 0 Å². The fraction of sp³-hybridized carbons (Fsp3) is 0.0200. The van der Waals surface area contributed by atoms with Crippen molar-refractivity contribution in [1.29, 1.82) is 0 Å². The molecule has 0 unspecified atom stereocenters. The molecule has 8 aromatic carbocycles. The van der Waals surface area contributed by atoms with Gasteiger partial charge >= 0.3 is 0 Å². The fourth-order valence-corrected chi connectivity index (χ4v) is 8.96. The number of ether oxygens (including phenoxy) is 1. The van der Waals surface area contributed by atoms with Gasteiger partial charge in [-0.05, 0) is 105 Å². The first-order chi connectivity index (χ1) is 26.7. The summed E-state index contributed by atoms with van der Waals surface area (Å²) in [6, 6.07) is 66.6. The Labute approximate surface area is 313 Å². The third-order valence-corrected chi connectivity index (χ3v) is 11.2. The highest BCUT2D eigenvalue weighted by atomic mass is 16.5. The molecule has 4 heteroatoms. The Hall–Kier alpha value is -7.17. The molecule has 254 valence electrons. The Bertz CT molecular complexity index is 2900. The molecule has 0 atom stereocenters. The van der Waals surface area contributed by atoms with Crippen molar-refractivity contribution in [2.24, 2.45) is 0 Å². The maximum Gasteiger partial charge on any atom is 0.146 e. The van der Waals surface area contributed by atoms with Crippen LogP contribution in [0.3, 0.4) is 0 Å². The maximum absolute atomic E-state index is 6.66. The molecule has 0 amide bonds. The van der Waals surface area contributed by atoms with Crippen LogP contribution < -0.4 is 10.5 Å². The monoisotopic (exact) mass is 691 g/mol. The Morgan fingerprint density at radius 3 is 1.83 bits per heavy atom. The number of nitrogen functional groups attached to an aromatic ring is 1. The minimum atomic E-state index is -0.613. The zero-order valence-electron chi connectivity index (χ0n) is 29.3. The highest BCUT2D eigenvalue weighted by Crippen LogP contribution is 2.63. The lowest BCUT2D eigenvalue weighted by Gasteiger charge is -2.39. The SMILES string of the molecule is Nc1cccc(-c2cccc(-c3ccc4c(c3)-c3c(-c5nc6ccccc6n5-c5ccccc5)cccc3C43c4ccccc4Oc4ccccc43)c2)c1. The van der Waals surface area contributed by atoms with Crippen molar-refractivity contribution in [3.63, 3.8) is 0 Å². The van der Waals surface area contributed by atoms with Gasteiger partial charge < -0.3 is 10.5 Å². The Morgan fingerprint density at radius 1 is 0.463 bits per heavy atom. The van der Waals surface area contributed by atoms with E-state index in [1.54, 1.807) is 0 Å². The first-order valence-corrected chi connectivity index (χ1v) is 18.3. The average Bonchev–Trinajstić information content (AvgIpc) is 3.76. The molecule has 1 aliphatic heterocycles. The van der Waals surface area contributed by atoms with Crippen LogP contribution in [0.1, 0.15) is 22.3 Å². The molecule has 0 saturated heterocycles. The van der Waals surface area contributed by atoms with E-state index in [4.69, 9.17) is 15.5 Å². The number of hydrogen-bond acceptors (Lipinski definition) is 3. The zero-order chi connectivity index (χ0) is 35.8. The van der Waals surface area contributed by atoms with Crippen LogP contribution in [0, 0.1) is 0 Å². The Morgan fingerprint density at radius 2 is 1.07 bits per heavy atom. The third kappa shape index (κ3) is 4.34. The second-order valence-corrected chi connectivity index (χ2v) is 14.1. The van der Waals surface area contributed by atoms with E-state index in [9.17, 15) is 0 Å². The number of aromatic nitrogens is 2. The number of nitrogens with zero attached hydrogens (tertiary/aromatic N) is 2. The molecule has 1 spiro atoms. The van der Waals surface area contributed by atoms with E-state index in [0.717, 1.165) is 78.7 Å². The molecule has 0 radical (unpaired) electrons. The smallest absolute Gasteiger partial charge is 0.146 e. The van der Waals surface area contributed by atoms with Gasteiger partial charge in [0.1, 0.15) is 17.3 Å². The van der Waals surface area contributed by atoms with E-state index in [1.807, 2.05) is 18.2 Å². The van der Waals surface area contributed by atoms with Gasteiger partial charge in [0.15, 0.2) is 0 Å². The first kappa shape index (κ1) is 30.5. The lowest BCUT2D eigenvalue weighted by molar-refractivity contribution is 0.436. The van der Waals surface area contributed by atoms with E-state index in [-0.39, 0.29) is 0 Å². The molecule has 0 bridgehead atoms. The molecule has 2 heterocycles. The van der Waals surface area contributed by atoms with Gasteiger partial charge in [0.2, 0.25) is 0 Å². The summed E-state index contributed by atoms with van der Waals surface area (Å²) < 4.78 is 8.96. The van der Waals surface area contributed by atoms with Gasteiger partial charge in [-0.15, -0.1) is 0 Å². The average molecular weight is 692 g/mol. The molecule has 1 aliphatic carbocycles. The molecular formula is C50H33N3O. The summed E-state index contributed by atoms with van der Waals surface area (Å²) in [7, 11) is 0. The number of rotatable bonds is 4. The Kier molecular flexibility index (Phi) is 6.58. The van der Waals surface area contributed by atoms with Gasteiger partial charge in [0, 0.05) is 28.1 Å². The van der Waals surface area contributed by atoms with Crippen LogP contribution in [0.15, 0.2) is 188 Å². The van der Waals surface area contributed by atoms with Crippen LogP contribution in [-0.4, -0.2) is 9.55 Å². The molecule has 2 N–H and O–H groups in total. The number of hydrogen-bond donors (Lipinski definition) is 1. The quantitative estimate of drug-likeness (QED) is 0.187. The lowest BCUT2D eigenvalue weighted by atomic mass is 9.66. The van der Waals surface area contributed by atoms with Crippen molar-refractivity contribution < 1.29 is 4.74 Å². The summed E-state index contributed by atoms with van der Waals surface area (Å²) in [6.45, 7) is 0. The summed E-state index contributed by atoms with van der Waals surface area (Å²) in [5.74, 6) is 2.65. The maximum atomic E-state index is 6.66. The molecule has 1 aromatic heterocycles. The van der Waals surface area contributed by atoms with Crippen LogP contribution in [0.25, 0.3) is 61.5 Å². The van der Waals surface area contributed by atoms with E-state index < -0.39 is 5.41 Å². The molecule has 0 fully saturated rings. The first-order valence-electron chi connectivity index (χ1n) is 18.3. The number of fused-ring (bicyclic) bond motifs is 10. The predicted octanol–water partition coefficient (Wildman–Crippen LogP) is 12.1. The largest absolute Gasteiger partial charge is 0.457 e. The van der Waals surface area contributed by atoms with Gasteiger partial charge in [0.25, 0.3) is 0 Å². The summed E-state index contributed by atoms with van der Waals surface area (Å²) in [5.41, 5.74) is 22.1. The lowest BCUT2D eigenvalue weighted by Crippen LogP contribution is -2.32. The summed E-state index contributed by atoms with van der Waals surface area (Å²) >= 11 is 0. The van der Waals surface area contributed by atoms with Gasteiger partial charge in [-0.1, -0.05) is 127 Å². The Balaban J connectivity index is 1.23. The number of nitrogens with two attached hydrogens (primary N) is 1. The topological polar surface area (TPSA) is 53.1 Å². The predicted molar refractivity (Wildman–Crippen MR) is 219 cm³/mol. The van der Waals surface area contributed by atoms with Crippen LogP contribution in [-0.2, 0) is 5.41 Å². The third-order valence-electron chi connectivity index (χ3n) is 11.2. The molecule has 54 heavy (non-hydrogen) atoms. The number of imidazole rings is 1. The standard InChI is InChI=1S/C50H33N3O/c51-36-16-11-15-34(30-36)32-13-10-14-33(29-32)35-27-28-40-39(31-35)48-38(49-52-44-23-6-7-24-45(44)53(49)37-17-2-1-3-18-37)19-12-22-43(48)50(40)41-20-4-8-25-46(41)54-47-26-9-5-21-42(47)50/h1-31H,51H2. The second kappa shape index (κ2) is 11.7. The molecular weight excluding hydrogens is 659 g/mol. The minimum Gasteiger partial charge on any atom is -0.457 e. The van der Waals surface area contributed by atoms with Crippen LogP contribution in [0.5, 0.6) is 11.5 Å². The summed E-state index contributed by atoms with van der Waals surface area (Å²) in [4.78, 5) is 5.39. The second-order valence-electron chi connectivity index (χ2n) is 14.1. The van der Waals surface area contributed by atoms with Crippen molar-refractivity contribution in [3.8, 4) is 62.0 Å².